The highest BCUT2D eigenvalue weighted by atomic mass is 16.6. The zero-order valence-corrected chi connectivity index (χ0v) is 9.28. The Bertz CT molecular complexity index is 457. The van der Waals surface area contributed by atoms with Crippen LogP contribution in [0.25, 0.3) is 0 Å². The lowest BCUT2D eigenvalue weighted by Gasteiger charge is -2.05. The predicted octanol–water partition coefficient (Wildman–Crippen LogP) is 0.585. The Morgan fingerprint density at radius 3 is 2.50 bits per heavy atom. The Morgan fingerprint density at radius 1 is 1.17 bits per heavy atom. The molecule has 18 heavy (non-hydrogen) atoms. The van der Waals surface area contributed by atoms with Gasteiger partial charge in [-0.2, -0.15) is 0 Å². The molecule has 0 aromatic heterocycles. The number of aliphatic carboxylic acids is 2. The van der Waals surface area contributed by atoms with Crippen LogP contribution in [0.3, 0.4) is 0 Å². The van der Waals surface area contributed by atoms with Gasteiger partial charge >= 0.3 is 11.9 Å². The van der Waals surface area contributed by atoms with Gasteiger partial charge in [0.2, 0.25) is 6.61 Å². The second-order valence-corrected chi connectivity index (χ2v) is 3.12. The van der Waals surface area contributed by atoms with Gasteiger partial charge in [0.25, 0.3) is 0 Å². The SMILES string of the molecule is O=C(O)CO/N=C/c1ccccc1OCC(=O)O. The maximum absolute atomic E-state index is 10.4. The monoisotopic (exact) mass is 253 g/mol. The van der Waals surface area contributed by atoms with Gasteiger partial charge in [-0.25, -0.2) is 9.59 Å². The highest BCUT2D eigenvalue weighted by Gasteiger charge is 2.03. The number of para-hydroxylation sites is 1. The number of oxime groups is 1. The molecule has 1 aromatic carbocycles. The molecule has 0 bridgehead atoms. The van der Waals surface area contributed by atoms with Gasteiger partial charge in [-0.1, -0.05) is 17.3 Å². The summed E-state index contributed by atoms with van der Waals surface area (Å²) in [5, 5.41) is 20.3. The lowest BCUT2D eigenvalue weighted by atomic mass is 10.2. The third-order valence-electron chi connectivity index (χ3n) is 1.72. The number of nitrogens with zero attached hydrogens (tertiary/aromatic N) is 1. The first-order valence-electron chi connectivity index (χ1n) is 4.90. The van der Waals surface area contributed by atoms with E-state index in [-0.39, 0.29) is 0 Å². The molecule has 0 saturated heterocycles. The van der Waals surface area contributed by atoms with E-state index in [2.05, 4.69) is 9.99 Å². The van der Waals surface area contributed by atoms with Crippen LogP contribution in [0.5, 0.6) is 5.75 Å². The fourth-order valence-corrected chi connectivity index (χ4v) is 1.04. The summed E-state index contributed by atoms with van der Waals surface area (Å²) >= 11 is 0. The van der Waals surface area contributed by atoms with Crippen LogP contribution in [0, 0.1) is 0 Å². The first-order valence-corrected chi connectivity index (χ1v) is 4.90. The first-order chi connectivity index (χ1) is 8.59. The molecule has 0 radical (unpaired) electrons. The second-order valence-electron chi connectivity index (χ2n) is 3.12. The number of hydrogen-bond acceptors (Lipinski definition) is 5. The minimum absolute atomic E-state index is 0.322. The third-order valence-corrected chi connectivity index (χ3v) is 1.72. The van der Waals surface area contributed by atoms with Crippen LogP contribution in [-0.2, 0) is 14.4 Å². The van der Waals surface area contributed by atoms with Crippen molar-refractivity contribution in [2.24, 2.45) is 5.16 Å². The van der Waals surface area contributed by atoms with Crippen LogP contribution in [-0.4, -0.2) is 41.6 Å². The number of carbonyl (C=O) groups is 2. The molecule has 0 unspecified atom stereocenters. The minimum Gasteiger partial charge on any atom is -0.481 e. The predicted molar refractivity (Wildman–Crippen MR) is 60.8 cm³/mol. The van der Waals surface area contributed by atoms with E-state index in [0.29, 0.717) is 11.3 Å². The van der Waals surface area contributed by atoms with E-state index >= 15 is 0 Å². The van der Waals surface area contributed by atoms with Crippen molar-refractivity contribution in [2.45, 2.75) is 0 Å². The summed E-state index contributed by atoms with van der Waals surface area (Å²) in [6.07, 6.45) is 1.25. The molecule has 0 aliphatic heterocycles. The summed E-state index contributed by atoms with van der Waals surface area (Å²) in [5.74, 6) is -1.91. The van der Waals surface area contributed by atoms with E-state index in [1.54, 1.807) is 24.3 Å². The van der Waals surface area contributed by atoms with Crippen molar-refractivity contribution in [1.82, 2.24) is 0 Å². The van der Waals surface area contributed by atoms with Gasteiger partial charge in [0.1, 0.15) is 5.75 Å². The number of carboxylic acid groups (broad SMARTS) is 2. The molecule has 96 valence electrons. The fraction of sp³-hybridized carbons (Fsp3) is 0.182. The van der Waals surface area contributed by atoms with Gasteiger partial charge < -0.3 is 19.8 Å². The topological polar surface area (TPSA) is 105 Å². The van der Waals surface area contributed by atoms with Gasteiger partial charge in [0, 0.05) is 5.56 Å². The van der Waals surface area contributed by atoms with Gasteiger partial charge in [0.05, 0.1) is 6.21 Å². The Kier molecular flexibility index (Phi) is 5.17. The molecular formula is C11H11NO6. The Labute approximate surface area is 102 Å². The average molecular weight is 253 g/mol. The second kappa shape index (κ2) is 6.89. The number of ether oxygens (including phenoxy) is 1. The van der Waals surface area contributed by atoms with E-state index < -0.39 is 25.2 Å². The summed E-state index contributed by atoms with van der Waals surface area (Å²) in [7, 11) is 0. The minimum atomic E-state index is -1.14. The van der Waals surface area contributed by atoms with Crippen molar-refractivity contribution < 1.29 is 29.4 Å². The molecule has 7 nitrogen and oxygen atoms in total. The lowest BCUT2D eigenvalue weighted by Crippen LogP contribution is -2.10. The molecule has 2 N–H and O–H groups in total. The van der Waals surface area contributed by atoms with Crippen LogP contribution in [0.2, 0.25) is 0 Å². The Hall–Kier alpha value is -2.57. The van der Waals surface area contributed by atoms with Gasteiger partial charge in [-0.15, -0.1) is 0 Å². The van der Waals surface area contributed by atoms with E-state index in [0.717, 1.165) is 0 Å². The smallest absolute Gasteiger partial charge is 0.344 e. The third kappa shape index (κ3) is 4.97. The number of hydrogen-bond donors (Lipinski definition) is 2. The summed E-state index contributed by atoms with van der Waals surface area (Å²) in [5.41, 5.74) is 0.490. The van der Waals surface area contributed by atoms with Crippen molar-refractivity contribution in [2.75, 3.05) is 13.2 Å². The molecule has 0 atom stereocenters. The van der Waals surface area contributed by atoms with Crippen molar-refractivity contribution >= 4 is 18.2 Å². The van der Waals surface area contributed by atoms with Gasteiger partial charge in [-0.05, 0) is 12.1 Å². The van der Waals surface area contributed by atoms with E-state index in [4.69, 9.17) is 14.9 Å². The van der Waals surface area contributed by atoms with Crippen molar-refractivity contribution in [3.05, 3.63) is 29.8 Å². The molecule has 1 rings (SSSR count). The summed E-state index contributed by atoms with van der Waals surface area (Å²) in [4.78, 5) is 25.0. The molecule has 0 aliphatic carbocycles. The van der Waals surface area contributed by atoms with Gasteiger partial charge in [0.15, 0.2) is 6.61 Å². The van der Waals surface area contributed by atoms with E-state index in [1.165, 1.54) is 6.21 Å². The molecular weight excluding hydrogens is 242 g/mol. The zero-order chi connectivity index (χ0) is 13.4. The number of benzene rings is 1. The highest BCUT2D eigenvalue weighted by molar-refractivity contribution is 5.83. The number of carboxylic acids is 2. The van der Waals surface area contributed by atoms with Crippen molar-refractivity contribution in [1.29, 1.82) is 0 Å². The largest absolute Gasteiger partial charge is 0.481 e. The van der Waals surface area contributed by atoms with E-state index in [1.807, 2.05) is 0 Å². The summed E-state index contributed by atoms with van der Waals surface area (Å²) in [6.45, 7) is -1.02. The normalized spacial score (nSPS) is 10.2. The summed E-state index contributed by atoms with van der Waals surface area (Å²) < 4.78 is 5.01. The highest BCUT2D eigenvalue weighted by Crippen LogP contribution is 2.15. The number of rotatable bonds is 7. The van der Waals surface area contributed by atoms with Gasteiger partial charge in [-0.3, -0.25) is 0 Å². The molecule has 0 saturated carbocycles. The van der Waals surface area contributed by atoms with Crippen LogP contribution in [0.15, 0.2) is 29.4 Å². The molecule has 0 spiro atoms. The first kappa shape index (κ1) is 13.5. The molecule has 1 aromatic rings. The Morgan fingerprint density at radius 2 is 1.83 bits per heavy atom. The van der Waals surface area contributed by atoms with Crippen molar-refractivity contribution in [3.8, 4) is 5.75 Å². The standard InChI is InChI=1S/C11H11NO6/c13-10(14)6-17-9-4-2-1-3-8(9)5-12-18-7-11(15)16/h1-5H,6-7H2,(H,13,14)(H,15,16)/b12-5+. The van der Waals surface area contributed by atoms with Crippen molar-refractivity contribution in [3.63, 3.8) is 0 Å². The van der Waals surface area contributed by atoms with Crippen LogP contribution in [0.1, 0.15) is 5.56 Å². The van der Waals surface area contributed by atoms with Crippen LogP contribution < -0.4 is 4.74 Å². The Balaban J connectivity index is 2.63. The van der Waals surface area contributed by atoms with Crippen LogP contribution >= 0.6 is 0 Å². The molecule has 7 heteroatoms. The summed E-state index contributed by atoms with van der Waals surface area (Å²) in [6, 6.07) is 6.57. The maximum Gasteiger partial charge on any atom is 0.344 e. The molecule has 0 fully saturated rings. The van der Waals surface area contributed by atoms with Crippen LogP contribution in [0.4, 0.5) is 0 Å². The maximum atomic E-state index is 10.4. The molecule has 0 amide bonds. The van der Waals surface area contributed by atoms with E-state index in [9.17, 15) is 9.59 Å². The average Bonchev–Trinajstić information content (AvgIpc) is 2.33. The zero-order valence-electron chi connectivity index (χ0n) is 9.28. The quantitative estimate of drug-likeness (QED) is 0.544. The lowest BCUT2D eigenvalue weighted by molar-refractivity contribution is -0.142. The fourth-order valence-electron chi connectivity index (χ4n) is 1.04. The molecule has 0 aliphatic rings. The molecule has 0 heterocycles.